The second kappa shape index (κ2) is 7.36. The van der Waals surface area contributed by atoms with Crippen LogP contribution in [0.15, 0.2) is 35.1 Å². The van der Waals surface area contributed by atoms with E-state index in [0.29, 0.717) is 25.4 Å². The second-order valence-electron chi connectivity index (χ2n) is 7.13. The van der Waals surface area contributed by atoms with Gasteiger partial charge in [-0.1, -0.05) is 18.2 Å². The molecule has 0 amide bonds. The van der Waals surface area contributed by atoms with Gasteiger partial charge in [0, 0.05) is 26.6 Å². The Kier molecular flexibility index (Phi) is 5.34. The Hall–Kier alpha value is -1.93. The number of hydrogen-bond acceptors (Lipinski definition) is 4. The van der Waals surface area contributed by atoms with Gasteiger partial charge < -0.3 is 0 Å². The van der Waals surface area contributed by atoms with Gasteiger partial charge in [0.1, 0.15) is 5.82 Å². The molecule has 2 heterocycles. The fraction of sp³-hybridized carbons (Fsp3) is 0.556. The van der Waals surface area contributed by atoms with E-state index < -0.39 is 15.3 Å². The number of rotatable bonds is 5. The van der Waals surface area contributed by atoms with Crippen molar-refractivity contribution in [2.75, 3.05) is 13.1 Å². The van der Waals surface area contributed by atoms with E-state index in [0.717, 1.165) is 24.4 Å². The van der Waals surface area contributed by atoms with Gasteiger partial charge in [-0.05, 0) is 44.7 Å². The molecule has 1 aliphatic rings. The van der Waals surface area contributed by atoms with Crippen molar-refractivity contribution >= 4 is 10.0 Å². The lowest BCUT2D eigenvalue weighted by Crippen LogP contribution is -2.42. The van der Waals surface area contributed by atoms with Crippen molar-refractivity contribution in [3.63, 3.8) is 0 Å². The summed E-state index contributed by atoms with van der Waals surface area (Å²) >= 11 is 0. The van der Waals surface area contributed by atoms with Gasteiger partial charge in [0.2, 0.25) is 10.0 Å². The van der Waals surface area contributed by atoms with Gasteiger partial charge in [-0.15, -0.1) is 0 Å². The van der Waals surface area contributed by atoms with Crippen molar-refractivity contribution in [3.8, 4) is 5.69 Å². The molecule has 0 saturated carbocycles. The van der Waals surface area contributed by atoms with Crippen molar-refractivity contribution in [1.29, 1.82) is 0 Å². The molecule has 26 heavy (non-hydrogen) atoms. The van der Waals surface area contributed by atoms with Crippen molar-refractivity contribution in [3.05, 3.63) is 46.6 Å². The van der Waals surface area contributed by atoms with Gasteiger partial charge in [-0.2, -0.15) is 5.10 Å². The third kappa shape index (κ3) is 3.61. The predicted octanol–water partition coefficient (Wildman–Crippen LogP) is 1.56. The summed E-state index contributed by atoms with van der Waals surface area (Å²) < 4.78 is 29.2. The van der Waals surface area contributed by atoms with Crippen LogP contribution in [0, 0.1) is 5.92 Å². The van der Waals surface area contributed by atoms with Gasteiger partial charge in [0.25, 0.3) is 0 Å². The predicted molar refractivity (Wildman–Crippen MR) is 101 cm³/mol. The first-order valence-electron chi connectivity index (χ1n) is 9.00. The summed E-state index contributed by atoms with van der Waals surface area (Å²) in [4.78, 5) is 12.5. The SMILES string of the molecule is CC(C)S(=O)(=O)N1CCC(Cc2nn(C)c(=O)n2-c2ccccc2)CC1. The fourth-order valence-corrected chi connectivity index (χ4v) is 4.72. The third-order valence-corrected chi connectivity index (χ3v) is 7.28. The quantitative estimate of drug-likeness (QED) is 0.791. The molecule has 3 rings (SSSR count). The van der Waals surface area contributed by atoms with Crippen LogP contribution in [-0.4, -0.2) is 45.4 Å². The van der Waals surface area contributed by atoms with Crippen LogP contribution in [0.25, 0.3) is 5.69 Å². The molecule has 8 heteroatoms. The highest BCUT2D eigenvalue weighted by Crippen LogP contribution is 2.24. The third-order valence-electron chi connectivity index (χ3n) is 5.01. The molecule has 0 unspecified atom stereocenters. The molecule has 0 aliphatic carbocycles. The molecule has 2 aromatic rings. The largest absolute Gasteiger partial charge is 0.350 e. The zero-order valence-corrected chi connectivity index (χ0v) is 16.3. The fourth-order valence-electron chi connectivity index (χ4n) is 3.41. The number of piperidine rings is 1. The summed E-state index contributed by atoms with van der Waals surface area (Å²) in [6.07, 6.45) is 2.23. The number of para-hydroxylation sites is 1. The van der Waals surface area contributed by atoms with E-state index in [1.54, 1.807) is 29.8 Å². The molecular weight excluding hydrogens is 352 g/mol. The highest BCUT2D eigenvalue weighted by atomic mass is 32.2. The summed E-state index contributed by atoms with van der Waals surface area (Å²) in [6, 6.07) is 9.49. The minimum Gasteiger partial charge on any atom is -0.247 e. The number of aromatic nitrogens is 3. The molecule has 1 aliphatic heterocycles. The van der Waals surface area contributed by atoms with Gasteiger partial charge in [0.15, 0.2) is 0 Å². The van der Waals surface area contributed by atoms with E-state index in [2.05, 4.69) is 5.10 Å². The first-order valence-corrected chi connectivity index (χ1v) is 10.5. The molecule has 7 nitrogen and oxygen atoms in total. The maximum Gasteiger partial charge on any atom is 0.350 e. The number of benzene rings is 1. The Balaban J connectivity index is 1.76. The number of aryl methyl sites for hydroxylation is 1. The molecule has 1 fully saturated rings. The zero-order valence-electron chi connectivity index (χ0n) is 15.5. The van der Waals surface area contributed by atoms with E-state index in [-0.39, 0.29) is 5.69 Å². The molecule has 0 spiro atoms. The van der Waals surface area contributed by atoms with E-state index >= 15 is 0 Å². The zero-order chi connectivity index (χ0) is 18.9. The summed E-state index contributed by atoms with van der Waals surface area (Å²) in [5.41, 5.74) is 0.645. The van der Waals surface area contributed by atoms with Gasteiger partial charge in [0.05, 0.1) is 10.9 Å². The molecule has 142 valence electrons. The molecule has 1 saturated heterocycles. The first-order chi connectivity index (χ1) is 12.3. The maximum absolute atomic E-state index is 12.5. The van der Waals surface area contributed by atoms with E-state index in [9.17, 15) is 13.2 Å². The second-order valence-corrected chi connectivity index (χ2v) is 9.62. The average molecular weight is 378 g/mol. The van der Waals surface area contributed by atoms with Crippen molar-refractivity contribution in [1.82, 2.24) is 18.7 Å². The Morgan fingerprint density at radius 1 is 1.15 bits per heavy atom. The van der Waals surface area contributed by atoms with Crippen LogP contribution in [0.1, 0.15) is 32.5 Å². The number of hydrogen-bond donors (Lipinski definition) is 0. The Morgan fingerprint density at radius 3 is 2.35 bits per heavy atom. The van der Waals surface area contributed by atoms with E-state index in [1.807, 2.05) is 30.3 Å². The summed E-state index contributed by atoms with van der Waals surface area (Å²) in [5, 5.41) is 4.02. The Morgan fingerprint density at radius 2 is 1.77 bits per heavy atom. The molecule has 1 aromatic heterocycles. The van der Waals surface area contributed by atoms with Crippen molar-refractivity contribution in [2.45, 2.75) is 38.4 Å². The van der Waals surface area contributed by atoms with Crippen LogP contribution in [-0.2, 0) is 23.5 Å². The summed E-state index contributed by atoms with van der Waals surface area (Å²) in [6.45, 7) is 4.50. The first kappa shape index (κ1) is 18.8. The van der Waals surface area contributed by atoms with Crippen LogP contribution in [0.3, 0.4) is 0 Å². The van der Waals surface area contributed by atoms with Crippen LogP contribution >= 0.6 is 0 Å². The molecule has 0 bridgehead atoms. The smallest absolute Gasteiger partial charge is 0.247 e. The number of nitrogens with zero attached hydrogens (tertiary/aromatic N) is 4. The minimum atomic E-state index is -3.19. The lowest BCUT2D eigenvalue weighted by atomic mass is 9.94. The topological polar surface area (TPSA) is 77.2 Å². The standard InChI is InChI=1S/C18H26N4O3S/c1-14(2)26(24,25)21-11-9-15(10-12-21)13-17-19-20(3)18(23)22(17)16-7-5-4-6-8-16/h4-8,14-15H,9-13H2,1-3H3. The van der Waals surface area contributed by atoms with E-state index in [4.69, 9.17) is 0 Å². The van der Waals surface area contributed by atoms with Gasteiger partial charge in [-0.3, -0.25) is 0 Å². The minimum absolute atomic E-state index is 0.161. The van der Waals surface area contributed by atoms with Gasteiger partial charge in [-0.25, -0.2) is 26.8 Å². The lowest BCUT2D eigenvalue weighted by molar-refractivity contribution is 0.268. The normalized spacial score (nSPS) is 17.1. The highest BCUT2D eigenvalue weighted by Gasteiger charge is 2.31. The van der Waals surface area contributed by atoms with Crippen LogP contribution in [0.4, 0.5) is 0 Å². The monoisotopic (exact) mass is 378 g/mol. The highest BCUT2D eigenvalue weighted by molar-refractivity contribution is 7.89. The van der Waals surface area contributed by atoms with Crippen molar-refractivity contribution < 1.29 is 8.42 Å². The average Bonchev–Trinajstić information content (AvgIpc) is 2.90. The summed E-state index contributed by atoms with van der Waals surface area (Å²) in [5.74, 6) is 1.05. The number of sulfonamides is 1. The maximum atomic E-state index is 12.5. The molecule has 0 atom stereocenters. The Labute approximate surface area is 154 Å². The van der Waals surface area contributed by atoms with E-state index in [1.165, 1.54) is 4.68 Å². The van der Waals surface area contributed by atoms with Crippen LogP contribution in [0.2, 0.25) is 0 Å². The molecule has 0 radical (unpaired) electrons. The van der Waals surface area contributed by atoms with Crippen LogP contribution in [0.5, 0.6) is 0 Å². The van der Waals surface area contributed by atoms with Crippen LogP contribution < -0.4 is 5.69 Å². The Bertz CT molecular complexity index is 908. The molecular formula is C18H26N4O3S. The molecule has 1 aromatic carbocycles. The van der Waals surface area contributed by atoms with Crippen molar-refractivity contribution in [2.24, 2.45) is 13.0 Å². The summed E-state index contributed by atoms with van der Waals surface area (Å²) in [7, 11) is -1.54. The lowest BCUT2D eigenvalue weighted by Gasteiger charge is -2.32. The van der Waals surface area contributed by atoms with Gasteiger partial charge >= 0.3 is 5.69 Å². The molecule has 0 N–H and O–H groups in total.